The maximum atomic E-state index is 11.4. The van der Waals surface area contributed by atoms with Crippen LogP contribution in [0.25, 0.3) is 0 Å². The maximum absolute atomic E-state index is 11.4. The minimum absolute atomic E-state index is 0.182. The van der Waals surface area contributed by atoms with Gasteiger partial charge >= 0.3 is 11.9 Å². The molecule has 0 saturated carbocycles. The lowest BCUT2D eigenvalue weighted by atomic mass is 10.0. The Labute approximate surface area is 113 Å². The van der Waals surface area contributed by atoms with Crippen LogP contribution < -0.4 is 0 Å². The van der Waals surface area contributed by atoms with E-state index in [1.807, 2.05) is 0 Å². The number of methoxy groups -OCH3 is 2. The van der Waals surface area contributed by atoms with Crippen molar-refractivity contribution in [1.82, 2.24) is 0 Å². The van der Waals surface area contributed by atoms with Gasteiger partial charge in [-0.25, -0.2) is 9.59 Å². The lowest BCUT2D eigenvalue weighted by molar-refractivity contribution is -0.133. The first-order valence-corrected chi connectivity index (χ1v) is 5.30. The molecule has 1 rings (SSSR count). The third-order valence-electron chi connectivity index (χ3n) is 2.37. The van der Waals surface area contributed by atoms with Gasteiger partial charge < -0.3 is 19.9 Å². The van der Waals surface area contributed by atoms with Gasteiger partial charge in [-0.05, 0) is 6.07 Å². The number of hydrogen-bond donors (Lipinski definition) is 2. The van der Waals surface area contributed by atoms with E-state index in [2.05, 4.69) is 19.8 Å². The van der Waals surface area contributed by atoms with Crippen LogP contribution in [0.2, 0.25) is 0 Å². The minimum atomic E-state index is -0.856. The van der Waals surface area contributed by atoms with Crippen LogP contribution >= 0.6 is 0 Å². The van der Waals surface area contributed by atoms with Gasteiger partial charge in [0.25, 0.3) is 0 Å². The van der Waals surface area contributed by atoms with Crippen LogP contribution in [-0.2, 0) is 19.1 Å². The molecule has 8 heteroatoms. The first kappa shape index (κ1) is 15.2. The Kier molecular flexibility index (Phi) is 5.21. The lowest BCUT2D eigenvalue weighted by Crippen LogP contribution is -2.20. The first-order chi connectivity index (χ1) is 9.58. The number of carbonyl (C=O) groups excluding carboxylic acids is 2. The van der Waals surface area contributed by atoms with Crippen LogP contribution in [-0.4, -0.2) is 48.0 Å². The molecule has 8 nitrogen and oxygen atoms in total. The second-order valence-electron chi connectivity index (χ2n) is 3.46. The minimum Gasteiger partial charge on any atom is -0.464 e. The van der Waals surface area contributed by atoms with Crippen molar-refractivity contribution in [3.05, 3.63) is 35.4 Å². The zero-order valence-electron chi connectivity index (χ0n) is 10.7. The van der Waals surface area contributed by atoms with E-state index in [0.29, 0.717) is 0 Å². The molecule has 106 valence electrons. The van der Waals surface area contributed by atoms with Gasteiger partial charge in [0.2, 0.25) is 0 Å². The van der Waals surface area contributed by atoms with Crippen molar-refractivity contribution >= 4 is 23.4 Å². The molecule has 20 heavy (non-hydrogen) atoms. The molecule has 0 bridgehead atoms. The molecule has 0 fully saturated rings. The molecule has 0 saturated heterocycles. The average Bonchev–Trinajstić information content (AvgIpc) is 2.48. The fourth-order valence-electron chi connectivity index (χ4n) is 1.44. The molecule has 0 radical (unpaired) electrons. The monoisotopic (exact) mass is 280 g/mol. The number of esters is 2. The SMILES string of the molecule is COC(=O)/C(=N\O)c1cccc(/C(=N\O)C(=O)OC)c1. The Balaban J connectivity index is 3.26. The molecular weight excluding hydrogens is 268 g/mol. The van der Waals surface area contributed by atoms with Crippen molar-refractivity contribution in [2.45, 2.75) is 0 Å². The normalized spacial score (nSPS) is 11.9. The second kappa shape index (κ2) is 6.88. The van der Waals surface area contributed by atoms with Gasteiger partial charge in [0, 0.05) is 11.1 Å². The topological polar surface area (TPSA) is 118 Å². The van der Waals surface area contributed by atoms with Crippen molar-refractivity contribution in [3.63, 3.8) is 0 Å². The summed E-state index contributed by atoms with van der Waals surface area (Å²) < 4.78 is 8.90. The highest BCUT2D eigenvalue weighted by atomic mass is 16.5. The number of rotatable bonds is 4. The molecule has 1 aromatic rings. The van der Waals surface area contributed by atoms with Gasteiger partial charge in [0.15, 0.2) is 11.4 Å². The molecule has 0 heterocycles. The fourth-order valence-corrected chi connectivity index (χ4v) is 1.44. The van der Waals surface area contributed by atoms with Crippen LogP contribution in [0.5, 0.6) is 0 Å². The molecule has 2 N–H and O–H groups in total. The van der Waals surface area contributed by atoms with Gasteiger partial charge in [-0.2, -0.15) is 0 Å². The molecule has 0 aliphatic rings. The quantitative estimate of drug-likeness (QED) is 0.356. The van der Waals surface area contributed by atoms with Crippen molar-refractivity contribution in [1.29, 1.82) is 0 Å². The molecule has 1 aromatic carbocycles. The molecule has 0 aliphatic carbocycles. The number of benzene rings is 1. The molecule has 0 atom stereocenters. The number of nitrogens with zero attached hydrogens (tertiary/aromatic N) is 2. The maximum Gasteiger partial charge on any atom is 0.360 e. The van der Waals surface area contributed by atoms with E-state index >= 15 is 0 Å². The van der Waals surface area contributed by atoms with Gasteiger partial charge in [-0.1, -0.05) is 28.5 Å². The van der Waals surface area contributed by atoms with E-state index in [1.165, 1.54) is 24.3 Å². The zero-order valence-corrected chi connectivity index (χ0v) is 10.7. The number of carbonyl (C=O) groups is 2. The molecule has 0 spiro atoms. The summed E-state index contributed by atoms with van der Waals surface area (Å²) in [7, 11) is 2.26. The van der Waals surface area contributed by atoms with E-state index in [1.54, 1.807) is 0 Å². The van der Waals surface area contributed by atoms with Crippen LogP contribution in [0.4, 0.5) is 0 Å². The van der Waals surface area contributed by atoms with E-state index in [0.717, 1.165) is 14.2 Å². The highest BCUT2D eigenvalue weighted by Gasteiger charge is 2.19. The van der Waals surface area contributed by atoms with Gasteiger partial charge in [-0.15, -0.1) is 0 Å². The van der Waals surface area contributed by atoms with Gasteiger partial charge in [0.05, 0.1) is 14.2 Å². The predicted molar refractivity (Wildman–Crippen MR) is 67.1 cm³/mol. The summed E-state index contributed by atoms with van der Waals surface area (Å²) in [6, 6.07) is 5.72. The highest BCUT2D eigenvalue weighted by Crippen LogP contribution is 2.10. The molecule has 0 aromatic heterocycles. The molecule has 0 aliphatic heterocycles. The summed E-state index contributed by atoms with van der Waals surface area (Å²) in [6.07, 6.45) is 0. The lowest BCUT2D eigenvalue weighted by Gasteiger charge is -2.06. The molecule has 0 unspecified atom stereocenters. The Morgan fingerprint density at radius 2 is 1.35 bits per heavy atom. The fraction of sp³-hybridized carbons (Fsp3) is 0.167. The Bertz CT molecular complexity index is 532. The summed E-state index contributed by atoms with van der Waals surface area (Å²) in [4.78, 5) is 22.8. The van der Waals surface area contributed by atoms with E-state index in [9.17, 15) is 9.59 Å². The Hall–Kier alpha value is -2.90. The van der Waals surface area contributed by atoms with Crippen LogP contribution in [0.1, 0.15) is 11.1 Å². The van der Waals surface area contributed by atoms with Crippen molar-refractivity contribution in [3.8, 4) is 0 Å². The van der Waals surface area contributed by atoms with Crippen molar-refractivity contribution in [2.75, 3.05) is 14.2 Å². The summed E-state index contributed by atoms with van der Waals surface area (Å²) in [5.74, 6) is -1.71. The average molecular weight is 280 g/mol. The summed E-state index contributed by atoms with van der Waals surface area (Å²) in [6.45, 7) is 0. The van der Waals surface area contributed by atoms with E-state index in [-0.39, 0.29) is 22.6 Å². The largest absolute Gasteiger partial charge is 0.464 e. The number of oxime groups is 2. The predicted octanol–water partition coefficient (Wildman–Crippen LogP) is 0.389. The van der Waals surface area contributed by atoms with Crippen LogP contribution in [0, 0.1) is 0 Å². The Morgan fingerprint density at radius 1 is 0.950 bits per heavy atom. The highest BCUT2D eigenvalue weighted by molar-refractivity contribution is 6.45. The van der Waals surface area contributed by atoms with Crippen molar-refractivity contribution < 1.29 is 29.5 Å². The number of hydrogen-bond acceptors (Lipinski definition) is 8. The van der Waals surface area contributed by atoms with Gasteiger partial charge in [-0.3, -0.25) is 0 Å². The van der Waals surface area contributed by atoms with E-state index in [4.69, 9.17) is 10.4 Å². The smallest absolute Gasteiger partial charge is 0.360 e. The Morgan fingerprint density at radius 3 is 1.65 bits per heavy atom. The summed E-state index contributed by atoms with van der Waals surface area (Å²) >= 11 is 0. The van der Waals surface area contributed by atoms with Crippen molar-refractivity contribution in [2.24, 2.45) is 10.3 Å². The number of ether oxygens (including phenoxy) is 2. The standard InChI is InChI=1S/C12H12N2O6/c1-19-11(15)9(13-17)7-4-3-5-8(6-7)10(14-18)12(16)20-2/h3-6,17-18H,1-2H3/b13-9-,14-10+. The molecular formula is C12H12N2O6. The third-order valence-corrected chi connectivity index (χ3v) is 2.37. The zero-order chi connectivity index (χ0) is 15.1. The molecule has 0 amide bonds. The van der Waals surface area contributed by atoms with Crippen LogP contribution in [0.3, 0.4) is 0 Å². The van der Waals surface area contributed by atoms with Crippen LogP contribution in [0.15, 0.2) is 34.6 Å². The van der Waals surface area contributed by atoms with Gasteiger partial charge in [0.1, 0.15) is 0 Å². The summed E-state index contributed by atoms with van der Waals surface area (Å²) in [5, 5.41) is 23.4. The summed E-state index contributed by atoms with van der Waals surface area (Å²) in [5.41, 5.74) is -0.336. The first-order valence-electron chi connectivity index (χ1n) is 5.30. The second-order valence-corrected chi connectivity index (χ2v) is 3.46. The van der Waals surface area contributed by atoms with E-state index < -0.39 is 11.9 Å². The third kappa shape index (κ3) is 3.10.